The van der Waals surface area contributed by atoms with Crippen LogP contribution in [0.2, 0.25) is 5.02 Å². The lowest BCUT2D eigenvalue weighted by atomic mass is 10.2. The first-order valence-corrected chi connectivity index (χ1v) is 6.30. The fourth-order valence-electron chi connectivity index (χ4n) is 1.33. The van der Waals surface area contributed by atoms with Gasteiger partial charge in [-0.1, -0.05) is 25.4 Å². The van der Waals surface area contributed by atoms with Crippen LogP contribution in [0.1, 0.15) is 24.2 Å². The lowest BCUT2D eigenvalue weighted by molar-refractivity contribution is -0.123. The van der Waals surface area contributed by atoms with Gasteiger partial charge in [0.25, 0.3) is 5.91 Å². The Bertz CT molecular complexity index is 478. The highest BCUT2D eigenvalue weighted by atomic mass is 35.5. The largest absolute Gasteiger partial charge is 0.354 e. The number of nitrogens with one attached hydrogen (secondary N) is 2. The number of hydrogen-bond donors (Lipinski definition) is 2. The summed E-state index contributed by atoms with van der Waals surface area (Å²) >= 11 is 5.69. The van der Waals surface area contributed by atoms with E-state index in [4.69, 9.17) is 11.6 Å². The molecule has 0 bridgehead atoms. The van der Waals surface area contributed by atoms with Crippen LogP contribution >= 0.6 is 11.6 Å². The van der Waals surface area contributed by atoms with Gasteiger partial charge in [0.2, 0.25) is 5.91 Å². The van der Waals surface area contributed by atoms with Gasteiger partial charge in [0.05, 0.1) is 5.56 Å². The minimum absolute atomic E-state index is 0.0943. The van der Waals surface area contributed by atoms with Crippen LogP contribution in [0.4, 0.5) is 4.39 Å². The molecule has 0 aliphatic heterocycles. The van der Waals surface area contributed by atoms with E-state index in [0.717, 1.165) is 6.07 Å². The number of carbonyl (C=O) groups is 2. The van der Waals surface area contributed by atoms with E-state index < -0.39 is 11.7 Å². The molecule has 1 rings (SSSR count). The Balaban J connectivity index is 2.44. The van der Waals surface area contributed by atoms with E-state index in [-0.39, 0.29) is 23.9 Å². The van der Waals surface area contributed by atoms with Crippen molar-refractivity contribution >= 4 is 23.4 Å². The molecule has 0 aliphatic rings. The van der Waals surface area contributed by atoms with Crippen molar-refractivity contribution in [1.29, 1.82) is 0 Å². The standard InChI is InChI=1S/C13H16ClFN2O2/c1-8(2)12(18)16-5-6-17-13(19)10-7-9(14)3-4-11(10)15/h3-4,7-8H,5-6H2,1-2H3,(H,16,18)(H,17,19). The highest BCUT2D eigenvalue weighted by molar-refractivity contribution is 6.30. The van der Waals surface area contributed by atoms with Crippen LogP contribution in [0.25, 0.3) is 0 Å². The van der Waals surface area contributed by atoms with Crippen molar-refractivity contribution in [1.82, 2.24) is 10.6 Å². The summed E-state index contributed by atoms with van der Waals surface area (Å²) in [5.41, 5.74) is -0.109. The van der Waals surface area contributed by atoms with E-state index in [2.05, 4.69) is 10.6 Å². The maximum atomic E-state index is 13.4. The van der Waals surface area contributed by atoms with Crippen molar-refractivity contribution in [3.8, 4) is 0 Å². The summed E-state index contributed by atoms with van der Waals surface area (Å²) in [6.45, 7) is 4.07. The van der Waals surface area contributed by atoms with Gasteiger partial charge >= 0.3 is 0 Å². The molecular weight excluding hydrogens is 271 g/mol. The summed E-state index contributed by atoms with van der Waals surface area (Å²) in [6, 6.07) is 3.77. The van der Waals surface area contributed by atoms with Gasteiger partial charge < -0.3 is 10.6 Å². The first-order chi connectivity index (χ1) is 8.91. The zero-order chi connectivity index (χ0) is 14.4. The van der Waals surface area contributed by atoms with E-state index >= 15 is 0 Å². The summed E-state index contributed by atoms with van der Waals surface area (Å²) in [6.07, 6.45) is 0. The number of rotatable bonds is 5. The van der Waals surface area contributed by atoms with Gasteiger partial charge in [-0.3, -0.25) is 9.59 Å². The highest BCUT2D eigenvalue weighted by Crippen LogP contribution is 2.14. The molecule has 0 spiro atoms. The zero-order valence-corrected chi connectivity index (χ0v) is 11.6. The fraction of sp³-hybridized carbons (Fsp3) is 0.385. The Morgan fingerprint density at radius 1 is 1.26 bits per heavy atom. The summed E-state index contributed by atoms with van der Waals surface area (Å²) < 4.78 is 13.4. The topological polar surface area (TPSA) is 58.2 Å². The lowest BCUT2D eigenvalue weighted by Gasteiger charge is -2.09. The zero-order valence-electron chi connectivity index (χ0n) is 10.8. The Hall–Kier alpha value is -1.62. The van der Waals surface area contributed by atoms with Gasteiger partial charge in [-0.25, -0.2) is 4.39 Å². The lowest BCUT2D eigenvalue weighted by Crippen LogP contribution is -2.36. The van der Waals surface area contributed by atoms with E-state index in [1.54, 1.807) is 13.8 Å². The Morgan fingerprint density at radius 2 is 1.89 bits per heavy atom. The molecule has 0 unspecified atom stereocenters. The Kier molecular flexibility index (Phi) is 5.76. The van der Waals surface area contributed by atoms with Crippen LogP contribution in [0.15, 0.2) is 18.2 Å². The Morgan fingerprint density at radius 3 is 2.53 bits per heavy atom. The maximum absolute atomic E-state index is 13.4. The molecule has 2 N–H and O–H groups in total. The number of hydrogen-bond acceptors (Lipinski definition) is 2. The maximum Gasteiger partial charge on any atom is 0.254 e. The molecule has 0 saturated heterocycles. The van der Waals surface area contributed by atoms with Gasteiger partial charge in [0, 0.05) is 24.0 Å². The van der Waals surface area contributed by atoms with Crippen molar-refractivity contribution in [3.05, 3.63) is 34.6 Å². The third-order valence-electron chi connectivity index (χ3n) is 2.41. The fourth-order valence-corrected chi connectivity index (χ4v) is 1.50. The van der Waals surface area contributed by atoms with E-state index in [1.165, 1.54) is 12.1 Å². The molecule has 6 heteroatoms. The normalized spacial score (nSPS) is 10.4. The van der Waals surface area contributed by atoms with Crippen LogP contribution in [-0.2, 0) is 4.79 Å². The second kappa shape index (κ2) is 7.09. The first-order valence-electron chi connectivity index (χ1n) is 5.92. The van der Waals surface area contributed by atoms with Gasteiger partial charge in [0.15, 0.2) is 0 Å². The molecular formula is C13H16ClFN2O2. The molecule has 0 atom stereocenters. The van der Waals surface area contributed by atoms with Crippen molar-refractivity contribution in [2.75, 3.05) is 13.1 Å². The number of halogens is 2. The van der Waals surface area contributed by atoms with E-state index in [0.29, 0.717) is 11.6 Å². The molecule has 0 aliphatic carbocycles. The predicted molar refractivity (Wildman–Crippen MR) is 71.6 cm³/mol. The summed E-state index contributed by atoms with van der Waals surface area (Å²) in [4.78, 5) is 22.9. The van der Waals surface area contributed by atoms with E-state index in [1.807, 2.05) is 0 Å². The predicted octanol–water partition coefficient (Wildman–Crippen LogP) is 1.98. The van der Waals surface area contributed by atoms with Crippen molar-refractivity contribution in [2.24, 2.45) is 5.92 Å². The molecule has 0 heterocycles. The summed E-state index contributed by atoms with van der Waals surface area (Å²) in [5, 5.41) is 5.44. The van der Waals surface area contributed by atoms with Crippen LogP contribution in [0, 0.1) is 11.7 Å². The van der Waals surface area contributed by atoms with Crippen molar-refractivity contribution in [2.45, 2.75) is 13.8 Å². The molecule has 0 fully saturated rings. The molecule has 1 aromatic carbocycles. The smallest absolute Gasteiger partial charge is 0.254 e. The average molecular weight is 287 g/mol. The molecule has 0 saturated carbocycles. The molecule has 1 aromatic rings. The number of benzene rings is 1. The molecule has 2 amide bonds. The molecule has 0 radical (unpaired) electrons. The Labute approximate surface area is 116 Å². The third kappa shape index (κ3) is 4.87. The van der Waals surface area contributed by atoms with Crippen molar-refractivity contribution < 1.29 is 14.0 Å². The van der Waals surface area contributed by atoms with Gasteiger partial charge in [-0.2, -0.15) is 0 Å². The SMILES string of the molecule is CC(C)C(=O)NCCNC(=O)c1cc(Cl)ccc1F. The van der Waals surface area contributed by atoms with Crippen LogP contribution in [0.5, 0.6) is 0 Å². The van der Waals surface area contributed by atoms with E-state index in [9.17, 15) is 14.0 Å². The molecule has 4 nitrogen and oxygen atoms in total. The van der Waals surface area contributed by atoms with Crippen LogP contribution < -0.4 is 10.6 Å². The quantitative estimate of drug-likeness (QED) is 0.813. The highest BCUT2D eigenvalue weighted by Gasteiger charge is 2.12. The van der Waals surface area contributed by atoms with Crippen LogP contribution in [-0.4, -0.2) is 24.9 Å². The van der Waals surface area contributed by atoms with Gasteiger partial charge in [-0.15, -0.1) is 0 Å². The third-order valence-corrected chi connectivity index (χ3v) is 2.64. The minimum atomic E-state index is -0.631. The summed E-state index contributed by atoms with van der Waals surface area (Å²) in [5.74, 6) is -1.39. The number of carbonyl (C=O) groups excluding carboxylic acids is 2. The monoisotopic (exact) mass is 286 g/mol. The molecule has 104 valence electrons. The van der Waals surface area contributed by atoms with Gasteiger partial charge in [0.1, 0.15) is 5.82 Å². The molecule has 0 aromatic heterocycles. The number of amides is 2. The minimum Gasteiger partial charge on any atom is -0.354 e. The second-order valence-corrected chi connectivity index (χ2v) is 4.76. The van der Waals surface area contributed by atoms with Crippen LogP contribution in [0.3, 0.4) is 0 Å². The van der Waals surface area contributed by atoms with Crippen molar-refractivity contribution in [3.63, 3.8) is 0 Å². The van der Waals surface area contributed by atoms with Gasteiger partial charge in [-0.05, 0) is 18.2 Å². The second-order valence-electron chi connectivity index (χ2n) is 4.33. The molecule has 19 heavy (non-hydrogen) atoms. The first kappa shape index (κ1) is 15.4. The average Bonchev–Trinajstić information content (AvgIpc) is 2.36. The summed E-state index contributed by atoms with van der Waals surface area (Å²) in [7, 11) is 0.